The Balaban J connectivity index is 1.52. The molecule has 8 heteroatoms. The fourth-order valence-corrected chi connectivity index (χ4v) is 5.84. The van der Waals surface area contributed by atoms with Gasteiger partial charge in [-0.15, -0.1) is 0 Å². The van der Waals surface area contributed by atoms with Gasteiger partial charge >= 0.3 is 0 Å². The van der Waals surface area contributed by atoms with Gasteiger partial charge < -0.3 is 14.2 Å². The van der Waals surface area contributed by atoms with Crippen LogP contribution in [0.2, 0.25) is 5.02 Å². The van der Waals surface area contributed by atoms with E-state index < -0.39 is 0 Å². The van der Waals surface area contributed by atoms with E-state index >= 15 is 0 Å². The molecule has 0 bridgehead atoms. The lowest BCUT2D eigenvalue weighted by molar-refractivity contribution is -0.117. The zero-order valence-electron chi connectivity index (χ0n) is 17.4. The minimum absolute atomic E-state index is 0.0698. The Labute approximate surface area is 210 Å². The van der Waals surface area contributed by atoms with Crippen LogP contribution in [0.4, 0.5) is 0 Å². The first kappa shape index (κ1) is 23.8. The Hall–Kier alpha value is -1.38. The quantitative estimate of drug-likeness (QED) is 0.276. The minimum atomic E-state index is -0.261. The van der Waals surface area contributed by atoms with E-state index in [1.54, 1.807) is 7.11 Å². The van der Waals surface area contributed by atoms with Crippen molar-refractivity contribution in [1.29, 1.82) is 0 Å². The first-order valence-corrected chi connectivity index (χ1v) is 12.7. The normalized spacial score (nSPS) is 22.0. The summed E-state index contributed by atoms with van der Waals surface area (Å²) in [5.74, 6) is 0.961. The predicted octanol–water partition coefficient (Wildman–Crippen LogP) is 6.86. The molecule has 2 saturated heterocycles. The molecule has 0 aliphatic carbocycles. The number of benzene rings is 2. The highest BCUT2D eigenvalue weighted by Crippen LogP contribution is 2.42. The third-order valence-corrected chi connectivity index (χ3v) is 8.10. The number of ether oxygens (including phenoxy) is 3. The Morgan fingerprint density at radius 3 is 2.84 bits per heavy atom. The van der Waals surface area contributed by atoms with E-state index in [4.69, 9.17) is 38.0 Å². The Kier molecular flexibility index (Phi) is 7.95. The molecule has 4 rings (SSSR count). The van der Waals surface area contributed by atoms with Crippen LogP contribution in [0.15, 0.2) is 45.8 Å². The van der Waals surface area contributed by atoms with Crippen molar-refractivity contribution < 1.29 is 19.0 Å². The standard InChI is InChI=1S/C24H22BrClO4S2/c1-28-20-9-15(18(25)12-21(20)30-13-14-5-2-3-7-19(14)26)10-22-23(27)17(24(31)32-22)11-16-6-4-8-29-16/h2-3,5,7,9-10,12,16-17H,4,6,8,11,13H2,1H3/b22-10-. The molecule has 2 aliphatic heterocycles. The van der Waals surface area contributed by atoms with Crippen LogP contribution in [-0.2, 0) is 16.1 Å². The number of methoxy groups -OCH3 is 1. The van der Waals surface area contributed by atoms with E-state index in [9.17, 15) is 4.79 Å². The molecule has 0 aromatic heterocycles. The number of hydrogen-bond donors (Lipinski definition) is 0. The van der Waals surface area contributed by atoms with Crippen LogP contribution >= 0.6 is 51.5 Å². The lowest BCUT2D eigenvalue weighted by Crippen LogP contribution is -2.20. The average molecular weight is 554 g/mol. The molecule has 0 spiro atoms. The fourth-order valence-electron chi connectivity index (χ4n) is 3.75. The largest absolute Gasteiger partial charge is 0.493 e. The van der Waals surface area contributed by atoms with Crippen molar-refractivity contribution in [3.05, 3.63) is 61.9 Å². The van der Waals surface area contributed by atoms with Crippen LogP contribution in [0.5, 0.6) is 11.5 Å². The summed E-state index contributed by atoms with van der Waals surface area (Å²) in [6.45, 7) is 1.09. The van der Waals surface area contributed by atoms with Gasteiger partial charge in [-0.3, -0.25) is 4.79 Å². The second kappa shape index (κ2) is 10.7. The lowest BCUT2D eigenvalue weighted by atomic mass is 9.96. The molecule has 4 nitrogen and oxygen atoms in total. The van der Waals surface area contributed by atoms with Gasteiger partial charge in [-0.1, -0.05) is 69.7 Å². The molecule has 2 aromatic carbocycles. The number of ketones is 1. The third-order valence-electron chi connectivity index (χ3n) is 5.49. The van der Waals surface area contributed by atoms with Gasteiger partial charge in [-0.25, -0.2) is 0 Å². The molecule has 2 heterocycles. The third kappa shape index (κ3) is 5.39. The van der Waals surface area contributed by atoms with Gasteiger partial charge in [0.15, 0.2) is 17.3 Å². The SMILES string of the molecule is COc1cc(/C=C2\SC(=S)C(CC3CCCO3)C2=O)c(Br)cc1OCc1ccccc1Cl. The van der Waals surface area contributed by atoms with Crippen molar-refractivity contribution in [2.75, 3.05) is 13.7 Å². The Morgan fingerprint density at radius 1 is 1.31 bits per heavy atom. The monoisotopic (exact) mass is 552 g/mol. The number of thiocarbonyl (C=S) groups is 1. The molecule has 2 aliphatic rings. The number of thioether (sulfide) groups is 1. The number of Topliss-reactive ketones (excluding diaryl/α,β-unsaturated/α-hetero) is 1. The average Bonchev–Trinajstić information content (AvgIpc) is 3.39. The first-order chi connectivity index (χ1) is 15.5. The highest BCUT2D eigenvalue weighted by atomic mass is 79.9. The molecule has 0 radical (unpaired) electrons. The maximum absolute atomic E-state index is 13.0. The summed E-state index contributed by atoms with van der Waals surface area (Å²) in [5, 5.41) is 0.650. The second-order valence-electron chi connectivity index (χ2n) is 7.62. The van der Waals surface area contributed by atoms with Crippen LogP contribution in [0, 0.1) is 5.92 Å². The molecule has 2 atom stereocenters. The van der Waals surface area contributed by atoms with Crippen molar-refractivity contribution >= 4 is 67.6 Å². The predicted molar refractivity (Wildman–Crippen MR) is 137 cm³/mol. The molecule has 168 valence electrons. The number of carbonyl (C=O) groups is 1. The zero-order valence-corrected chi connectivity index (χ0v) is 21.4. The summed E-state index contributed by atoms with van der Waals surface area (Å²) in [7, 11) is 1.59. The van der Waals surface area contributed by atoms with E-state index in [0.717, 1.165) is 39.2 Å². The van der Waals surface area contributed by atoms with Crippen molar-refractivity contribution in [3.63, 3.8) is 0 Å². The van der Waals surface area contributed by atoms with E-state index in [2.05, 4.69) is 15.9 Å². The maximum Gasteiger partial charge on any atom is 0.178 e. The van der Waals surface area contributed by atoms with Crippen LogP contribution < -0.4 is 9.47 Å². The summed E-state index contributed by atoms with van der Waals surface area (Å²) in [6.07, 6.45) is 4.70. The van der Waals surface area contributed by atoms with Crippen LogP contribution in [0.1, 0.15) is 30.4 Å². The molecule has 0 amide bonds. The van der Waals surface area contributed by atoms with E-state index in [-0.39, 0.29) is 17.8 Å². The summed E-state index contributed by atoms with van der Waals surface area (Å²) < 4.78 is 18.7. The summed E-state index contributed by atoms with van der Waals surface area (Å²) in [5.41, 5.74) is 1.71. The van der Waals surface area contributed by atoms with E-state index in [1.807, 2.05) is 42.5 Å². The topological polar surface area (TPSA) is 44.8 Å². The Bertz CT molecular complexity index is 1070. The summed E-state index contributed by atoms with van der Waals surface area (Å²) in [6, 6.07) is 11.2. The van der Waals surface area contributed by atoms with Crippen LogP contribution in [0.3, 0.4) is 0 Å². The van der Waals surface area contributed by atoms with Crippen LogP contribution in [0.25, 0.3) is 6.08 Å². The maximum atomic E-state index is 13.0. The minimum Gasteiger partial charge on any atom is -0.493 e. The van der Waals surface area contributed by atoms with E-state index in [0.29, 0.717) is 34.5 Å². The lowest BCUT2D eigenvalue weighted by Gasteiger charge is -2.14. The molecule has 2 unspecified atom stereocenters. The molecule has 0 saturated carbocycles. The van der Waals surface area contributed by atoms with Gasteiger partial charge in [0, 0.05) is 21.7 Å². The molecule has 0 N–H and O–H groups in total. The highest BCUT2D eigenvalue weighted by Gasteiger charge is 2.37. The number of halogens is 2. The number of allylic oxidation sites excluding steroid dienone is 1. The second-order valence-corrected chi connectivity index (χ2v) is 10.7. The van der Waals surface area contributed by atoms with Crippen molar-refractivity contribution in [1.82, 2.24) is 0 Å². The highest BCUT2D eigenvalue weighted by molar-refractivity contribution is 9.10. The van der Waals surface area contributed by atoms with Crippen molar-refractivity contribution in [3.8, 4) is 11.5 Å². The van der Waals surface area contributed by atoms with Gasteiger partial charge in [0.1, 0.15) is 6.61 Å². The van der Waals surface area contributed by atoms with Gasteiger partial charge in [0.2, 0.25) is 0 Å². The van der Waals surface area contributed by atoms with Crippen LogP contribution in [-0.4, -0.2) is 29.8 Å². The zero-order chi connectivity index (χ0) is 22.7. The Morgan fingerprint density at radius 2 is 2.12 bits per heavy atom. The smallest absolute Gasteiger partial charge is 0.178 e. The van der Waals surface area contributed by atoms with Gasteiger partial charge in [0.25, 0.3) is 0 Å². The number of hydrogen-bond acceptors (Lipinski definition) is 6. The molecule has 32 heavy (non-hydrogen) atoms. The summed E-state index contributed by atoms with van der Waals surface area (Å²) >= 11 is 16.7. The molecule has 2 fully saturated rings. The number of rotatable bonds is 7. The van der Waals surface area contributed by atoms with Gasteiger partial charge in [-0.2, -0.15) is 0 Å². The van der Waals surface area contributed by atoms with Gasteiger partial charge in [-0.05, 0) is 49.1 Å². The fraction of sp³-hybridized carbons (Fsp3) is 0.333. The first-order valence-electron chi connectivity index (χ1n) is 10.3. The van der Waals surface area contributed by atoms with Gasteiger partial charge in [0.05, 0.1) is 28.2 Å². The molecule has 2 aromatic rings. The summed E-state index contributed by atoms with van der Waals surface area (Å²) in [4.78, 5) is 13.7. The van der Waals surface area contributed by atoms with Crippen molar-refractivity contribution in [2.45, 2.75) is 32.0 Å². The molecular formula is C24H22BrClO4S2. The molecular weight excluding hydrogens is 532 g/mol. The number of carbonyl (C=O) groups excluding carboxylic acids is 1. The van der Waals surface area contributed by atoms with E-state index in [1.165, 1.54) is 11.8 Å². The van der Waals surface area contributed by atoms with Crippen molar-refractivity contribution in [2.24, 2.45) is 5.92 Å².